The lowest BCUT2D eigenvalue weighted by Crippen LogP contribution is -2.40. The van der Waals surface area contributed by atoms with Gasteiger partial charge in [-0.25, -0.2) is 0 Å². The monoisotopic (exact) mass is 201 g/mol. The number of hydrogen-bond acceptors (Lipinski definition) is 3. The molecule has 0 unspecified atom stereocenters. The predicted molar refractivity (Wildman–Crippen MR) is 54.9 cm³/mol. The average Bonchev–Trinajstić information content (AvgIpc) is 2.03. The lowest BCUT2D eigenvalue weighted by Gasteiger charge is -2.18. The first-order chi connectivity index (χ1) is 6.47. The molecule has 0 aromatic carbocycles. The first kappa shape index (κ1) is 12.9. The van der Waals surface area contributed by atoms with Crippen LogP contribution in [0, 0.1) is 0 Å². The van der Waals surface area contributed by atoms with Crippen molar-refractivity contribution in [2.24, 2.45) is 0 Å². The van der Waals surface area contributed by atoms with Gasteiger partial charge in [-0.3, -0.25) is 14.5 Å². The summed E-state index contributed by atoms with van der Waals surface area (Å²) in [6.07, 6.45) is 0. The molecule has 0 saturated heterocycles. The van der Waals surface area contributed by atoms with E-state index in [2.05, 4.69) is 5.32 Å². The van der Waals surface area contributed by atoms with Crippen LogP contribution in [-0.2, 0) is 9.59 Å². The number of carbonyl (C=O) groups excluding carboxylic acids is 2. The Morgan fingerprint density at radius 3 is 2.14 bits per heavy atom. The number of likely N-dealkylation sites (N-methyl/N-ethyl adjacent to an activating group) is 3. The summed E-state index contributed by atoms with van der Waals surface area (Å²) in [6, 6.07) is 0. The van der Waals surface area contributed by atoms with E-state index in [0.29, 0.717) is 6.54 Å². The van der Waals surface area contributed by atoms with Crippen LogP contribution in [0.1, 0.15) is 6.92 Å². The summed E-state index contributed by atoms with van der Waals surface area (Å²) >= 11 is 0. The highest BCUT2D eigenvalue weighted by atomic mass is 16.2. The summed E-state index contributed by atoms with van der Waals surface area (Å²) in [5, 5.41) is 2.67. The zero-order chi connectivity index (χ0) is 11.1. The molecule has 0 aliphatic carbocycles. The van der Waals surface area contributed by atoms with E-state index in [1.165, 1.54) is 4.90 Å². The summed E-state index contributed by atoms with van der Waals surface area (Å²) in [7, 11) is 5.14. The van der Waals surface area contributed by atoms with E-state index in [0.717, 1.165) is 0 Å². The van der Waals surface area contributed by atoms with Crippen molar-refractivity contribution in [3.05, 3.63) is 0 Å². The Labute approximate surface area is 85.1 Å². The highest BCUT2D eigenvalue weighted by Gasteiger charge is 2.10. The third-order valence-corrected chi connectivity index (χ3v) is 1.69. The number of nitrogens with one attached hydrogen (secondary N) is 1. The van der Waals surface area contributed by atoms with E-state index in [9.17, 15) is 9.59 Å². The summed E-state index contributed by atoms with van der Waals surface area (Å²) in [4.78, 5) is 25.6. The normalized spacial score (nSPS) is 10.1. The van der Waals surface area contributed by atoms with Gasteiger partial charge < -0.3 is 10.2 Å². The average molecular weight is 201 g/mol. The Balaban J connectivity index is 3.80. The molecule has 0 heterocycles. The fourth-order valence-electron chi connectivity index (χ4n) is 0.926. The Morgan fingerprint density at radius 1 is 1.14 bits per heavy atom. The molecule has 5 nitrogen and oxygen atoms in total. The third kappa shape index (κ3) is 5.53. The zero-order valence-electron chi connectivity index (χ0n) is 9.33. The molecule has 0 aromatic rings. The number of carbonyl (C=O) groups is 2. The van der Waals surface area contributed by atoms with E-state index < -0.39 is 0 Å². The second-order valence-corrected chi connectivity index (χ2v) is 3.41. The van der Waals surface area contributed by atoms with Gasteiger partial charge in [0.25, 0.3) is 0 Å². The van der Waals surface area contributed by atoms with Crippen molar-refractivity contribution in [1.82, 2.24) is 15.1 Å². The Kier molecular flexibility index (Phi) is 5.87. The molecule has 0 spiro atoms. The quantitative estimate of drug-likeness (QED) is 0.630. The molecule has 2 amide bonds. The van der Waals surface area contributed by atoms with Gasteiger partial charge in [0.15, 0.2) is 0 Å². The van der Waals surface area contributed by atoms with E-state index in [1.54, 1.807) is 26.0 Å². The zero-order valence-corrected chi connectivity index (χ0v) is 9.33. The van der Waals surface area contributed by atoms with Gasteiger partial charge in [-0.1, -0.05) is 0 Å². The van der Waals surface area contributed by atoms with Crippen LogP contribution in [-0.4, -0.2) is 62.4 Å². The van der Waals surface area contributed by atoms with Crippen molar-refractivity contribution in [3.63, 3.8) is 0 Å². The van der Waals surface area contributed by atoms with Crippen LogP contribution in [0.15, 0.2) is 0 Å². The smallest absolute Gasteiger partial charge is 0.236 e. The molecular formula is C9H19N3O2. The van der Waals surface area contributed by atoms with Gasteiger partial charge in [0.1, 0.15) is 0 Å². The first-order valence-electron chi connectivity index (χ1n) is 4.62. The maximum absolute atomic E-state index is 11.2. The van der Waals surface area contributed by atoms with E-state index >= 15 is 0 Å². The maximum Gasteiger partial charge on any atom is 0.236 e. The summed E-state index contributed by atoms with van der Waals surface area (Å²) < 4.78 is 0. The maximum atomic E-state index is 11.2. The van der Waals surface area contributed by atoms with Gasteiger partial charge in [-0.05, 0) is 14.0 Å². The molecule has 82 valence electrons. The SMILES string of the molecule is CCNC(=O)CN(C)CC(=O)N(C)C. The molecule has 0 radical (unpaired) electrons. The number of hydrogen-bond donors (Lipinski definition) is 1. The lowest BCUT2D eigenvalue weighted by molar-refractivity contribution is -0.130. The summed E-state index contributed by atoms with van der Waals surface area (Å²) in [5.41, 5.74) is 0. The Bertz CT molecular complexity index is 204. The summed E-state index contributed by atoms with van der Waals surface area (Å²) in [5.74, 6) is -0.0571. The predicted octanol–water partition coefficient (Wildman–Crippen LogP) is -0.857. The van der Waals surface area contributed by atoms with E-state index in [1.807, 2.05) is 6.92 Å². The second-order valence-electron chi connectivity index (χ2n) is 3.41. The van der Waals surface area contributed by atoms with Gasteiger partial charge in [0.2, 0.25) is 11.8 Å². The third-order valence-electron chi connectivity index (χ3n) is 1.69. The van der Waals surface area contributed by atoms with Crippen LogP contribution in [0.4, 0.5) is 0 Å². The van der Waals surface area contributed by atoms with Crippen LogP contribution in [0.25, 0.3) is 0 Å². The number of rotatable bonds is 5. The topological polar surface area (TPSA) is 52.7 Å². The molecule has 0 bridgehead atoms. The largest absolute Gasteiger partial charge is 0.355 e. The van der Waals surface area contributed by atoms with Crippen molar-refractivity contribution in [2.75, 3.05) is 40.8 Å². The standard InChI is InChI=1S/C9H19N3O2/c1-5-10-8(13)6-12(4)7-9(14)11(2)3/h5-7H2,1-4H3,(H,10,13). The Hall–Kier alpha value is -1.10. The van der Waals surface area contributed by atoms with Gasteiger partial charge in [0, 0.05) is 20.6 Å². The molecule has 14 heavy (non-hydrogen) atoms. The molecule has 0 aliphatic heterocycles. The molecule has 0 fully saturated rings. The van der Waals surface area contributed by atoms with Crippen LogP contribution >= 0.6 is 0 Å². The highest BCUT2D eigenvalue weighted by molar-refractivity contribution is 5.80. The van der Waals surface area contributed by atoms with Gasteiger partial charge >= 0.3 is 0 Å². The van der Waals surface area contributed by atoms with E-state index in [-0.39, 0.29) is 24.9 Å². The van der Waals surface area contributed by atoms with Gasteiger partial charge in [0.05, 0.1) is 13.1 Å². The minimum Gasteiger partial charge on any atom is -0.355 e. The fourth-order valence-corrected chi connectivity index (χ4v) is 0.926. The molecule has 0 atom stereocenters. The molecular weight excluding hydrogens is 182 g/mol. The number of amides is 2. The second kappa shape index (κ2) is 6.37. The van der Waals surface area contributed by atoms with Crippen molar-refractivity contribution >= 4 is 11.8 Å². The van der Waals surface area contributed by atoms with Crippen LogP contribution < -0.4 is 5.32 Å². The van der Waals surface area contributed by atoms with Gasteiger partial charge in [-0.2, -0.15) is 0 Å². The summed E-state index contributed by atoms with van der Waals surface area (Å²) in [6.45, 7) is 3.01. The van der Waals surface area contributed by atoms with Crippen LogP contribution in [0.3, 0.4) is 0 Å². The number of nitrogens with zero attached hydrogens (tertiary/aromatic N) is 2. The minimum absolute atomic E-state index is 0.00296. The van der Waals surface area contributed by atoms with Crippen molar-refractivity contribution in [1.29, 1.82) is 0 Å². The van der Waals surface area contributed by atoms with Crippen molar-refractivity contribution in [3.8, 4) is 0 Å². The molecule has 0 aliphatic rings. The molecule has 1 N–H and O–H groups in total. The first-order valence-corrected chi connectivity index (χ1v) is 4.62. The van der Waals surface area contributed by atoms with Crippen LogP contribution in [0.2, 0.25) is 0 Å². The molecule has 0 rings (SSSR count). The lowest BCUT2D eigenvalue weighted by atomic mass is 10.4. The van der Waals surface area contributed by atoms with Gasteiger partial charge in [-0.15, -0.1) is 0 Å². The molecule has 0 aromatic heterocycles. The van der Waals surface area contributed by atoms with Crippen molar-refractivity contribution in [2.45, 2.75) is 6.92 Å². The Morgan fingerprint density at radius 2 is 1.71 bits per heavy atom. The molecule has 0 saturated carbocycles. The highest BCUT2D eigenvalue weighted by Crippen LogP contribution is 1.86. The fraction of sp³-hybridized carbons (Fsp3) is 0.778. The van der Waals surface area contributed by atoms with Crippen LogP contribution in [0.5, 0.6) is 0 Å². The van der Waals surface area contributed by atoms with E-state index in [4.69, 9.17) is 0 Å². The minimum atomic E-state index is -0.0541. The van der Waals surface area contributed by atoms with Crippen molar-refractivity contribution < 1.29 is 9.59 Å². The molecule has 5 heteroatoms.